The van der Waals surface area contributed by atoms with Crippen molar-refractivity contribution in [2.45, 2.75) is 0 Å². The largest absolute Gasteiger partial charge is 2.00 e. The fourth-order valence-electron chi connectivity index (χ4n) is 0. The second-order valence-corrected chi connectivity index (χ2v) is 3.45. The van der Waals surface area contributed by atoms with Gasteiger partial charge in [-0.15, -0.1) is 0 Å². The first kappa shape index (κ1) is 17.8. The number of hydrogen-bond acceptors (Lipinski definition) is 8. The normalized spacial score (nSPS) is 10.9. The predicted octanol–water partition coefficient (Wildman–Crippen LogP) is -6.86. The predicted molar refractivity (Wildman–Crippen MR) is 30.6 cm³/mol. The maximum atomic E-state index is 8.80. The summed E-state index contributed by atoms with van der Waals surface area (Å²) in [7, 11) is -9.72. The smallest absolute Gasteiger partial charge is 0.828 e. The molecule has 0 aliphatic rings. The van der Waals surface area contributed by atoms with Crippen LogP contribution < -0.4 is 9.59 Å². The molecule has 0 bridgehead atoms. The molecule has 0 atom stereocenters. The minimum Gasteiger partial charge on any atom is -0.828 e. The van der Waals surface area contributed by atoms with Crippen molar-refractivity contribution in [3.63, 3.8) is 0 Å². The van der Waals surface area contributed by atoms with E-state index in [1.165, 1.54) is 0 Å². The van der Waals surface area contributed by atoms with E-state index >= 15 is 0 Å². The van der Waals surface area contributed by atoms with Crippen LogP contribution in [0.3, 0.4) is 0 Å². The molecule has 0 saturated carbocycles. The summed E-state index contributed by atoms with van der Waals surface area (Å²) in [5, 5.41) is 0. The van der Waals surface area contributed by atoms with Crippen LogP contribution in [0.4, 0.5) is 0 Å². The zero-order chi connectivity index (χ0) is 9.00. The summed E-state index contributed by atoms with van der Waals surface area (Å²) in [5.74, 6) is 0. The molecule has 0 saturated heterocycles. The van der Waals surface area contributed by atoms with E-state index in [-0.39, 0.29) is 23.1 Å². The van der Waals surface area contributed by atoms with Gasteiger partial charge in [-0.25, -0.2) is 0 Å². The zero-order valence-corrected chi connectivity index (χ0v) is 8.62. The van der Waals surface area contributed by atoms with Gasteiger partial charge in [0.2, 0.25) is 0 Å². The summed E-state index contributed by atoms with van der Waals surface area (Å²) < 4.78 is 0. The van der Waals surface area contributed by atoms with E-state index in [2.05, 4.69) is 0 Å². The summed E-state index contributed by atoms with van der Waals surface area (Å²) in [5.41, 5.74) is 0. The first-order chi connectivity index (χ1) is 4.00. The van der Waals surface area contributed by atoms with Gasteiger partial charge in [-0.05, 0) is 0 Å². The van der Waals surface area contributed by atoms with Gasteiger partial charge >= 0.3 is 32.1 Å². The van der Waals surface area contributed by atoms with Crippen molar-refractivity contribution in [2.75, 3.05) is 0 Å². The molecule has 0 aromatic heterocycles. The van der Waals surface area contributed by atoms with Gasteiger partial charge in [0.05, 0.1) is 0 Å². The van der Waals surface area contributed by atoms with Crippen molar-refractivity contribution in [1.29, 1.82) is 0 Å². The molecule has 0 fully saturated rings. The van der Waals surface area contributed by atoms with E-state index in [0.717, 1.165) is 0 Å². The molecule has 0 amide bonds. The third-order valence-electron chi connectivity index (χ3n) is 0. The Morgan fingerprint density at radius 2 is 0.727 bits per heavy atom. The third kappa shape index (κ3) is 1110. The minimum absolute atomic E-state index is 0. The van der Waals surface area contributed by atoms with Crippen LogP contribution in [0.2, 0.25) is 0 Å². The molecule has 11 heteroatoms. The van der Waals surface area contributed by atoms with Gasteiger partial charge in [-0.1, -0.05) is 0 Å². The van der Waals surface area contributed by atoms with E-state index < -0.39 is 18.1 Å². The van der Waals surface area contributed by atoms with Gasteiger partial charge in [0, 0.05) is 0 Å². The van der Waals surface area contributed by atoms with E-state index in [4.69, 9.17) is 38.4 Å². The molecule has 0 aliphatic heterocycles. The molecule has 0 unspecified atom stereocenters. The van der Waals surface area contributed by atoms with Crippen LogP contribution in [-0.2, 0) is 0 Å². The summed E-state index contributed by atoms with van der Waals surface area (Å²) in [6, 6.07) is 0. The first-order valence-corrected chi connectivity index (χ1v) is 5.25. The molecule has 0 spiro atoms. The van der Waals surface area contributed by atoms with Gasteiger partial charge in [-0.2, -0.15) is 0 Å². The molecule has 0 aromatic rings. The van der Waals surface area contributed by atoms with E-state index in [0.29, 0.717) is 0 Å². The van der Waals surface area contributed by atoms with Crippen LogP contribution in [0, 0.1) is 0 Å². The zero-order valence-electron chi connectivity index (χ0n) is 5.21. The van der Waals surface area contributed by atoms with Crippen molar-refractivity contribution < 1.29 is 38.4 Å². The number of hydrogen-bond donors (Lipinski definition) is 6. The van der Waals surface area contributed by atoms with Gasteiger partial charge < -0.3 is 38.4 Å². The Morgan fingerprint density at radius 1 is 0.727 bits per heavy atom. The van der Waals surface area contributed by atoms with Gasteiger partial charge in [0.1, 0.15) is 9.05 Å². The molecule has 64 valence electrons. The minimum atomic E-state index is -5.11. The van der Waals surface area contributed by atoms with Crippen molar-refractivity contribution >= 4 is 41.1 Å². The van der Waals surface area contributed by atoms with Gasteiger partial charge in [-0.3, -0.25) is 0 Å². The molecule has 0 heterocycles. The van der Waals surface area contributed by atoms with E-state index in [1.54, 1.807) is 0 Å². The Labute approximate surface area is 79.8 Å². The van der Waals surface area contributed by atoms with Gasteiger partial charge in [0.25, 0.3) is 0 Å². The van der Waals surface area contributed by atoms with E-state index in [1.807, 2.05) is 0 Å². The van der Waals surface area contributed by atoms with Crippen LogP contribution in [0.15, 0.2) is 0 Å². The molecule has 11 heavy (non-hydrogen) atoms. The molecular weight excluding hydrogens is 208 g/mol. The third-order valence-corrected chi connectivity index (χ3v) is 0. The van der Waals surface area contributed by atoms with Crippen molar-refractivity contribution in [3.05, 3.63) is 0 Å². The molecule has 6 N–H and O–H groups in total. The van der Waals surface area contributed by atoms with E-state index in [9.17, 15) is 0 Å². The SMILES string of the molecule is O[Si](O)(O)O.[Mg+2].[O-][Si]([O-])(O)O. The summed E-state index contributed by atoms with van der Waals surface area (Å²) >= 11 is 0. The van der Waals surface area contributed by atoms with Crippen LogP contribution in [0.5, 0.6) is 0 Å². The molecule has 0 aliphatic carbocycles. The van der Waals surface area contributed by atoms with Crippen molar-refractivity contribution in [3.8, 4) is 0 Å². The maximum Gasteiger partial charge on any atom is 2.00 e. The quantitative estimate of drug-likeness (QED) is 0.216. The van der Waals surface area contributed by atoms with Gasteiger partial charge in [0.15, 0.2) is 0 Å². The molecule has 0 radical (unpaired) electrons. The maximum absolute atomic E-state index is 8.80. The first-order valence-electron chi connectivity index (χ1n) is 1.75. The van der Waals surface area contributed by atoms with Crippen LogP contribution in [0.25, 0.3) is 0 Å². The molecule has 0 rings (SSSR count). The van der Waals surface area contributed by atoms with Crippen LogP contribution >= 0.6 is 0 Å². The van der Waals surface area contributed by atoms with Crippen molar-refractivity contribution in [1.82, 2.24) is 0 Å². The Bertz CT molecular complexity index is 55.1. The average molecular weight is 215 g/mol. The molecule has 8 nitrogen and oxygen atoms in total. The molecule has 0 aromatic carbocycles. The number of rotatable bonds is 0. The Morgan fingerprint density at radius 3 is 0.727 bits per heavy atom. The second-order valence-electron chi connectivity index (χ2n) is 1.15. The van der Waals surface area contributed by atoms with Crippen molar-refractivity contribution in [2.24, 2.45) is 0 Å². The molecular formula is H6MgO8Si2. The fourth-order valence-corrected chi connectivity index (χ4v) is 0. The summed E-state index contributed by atoms with van der Waals surface area (Å²) in [4.78, 5) is 61.1. The summed E-state index contributed by atoms with van der Waals surface area (Å²) in [6.45, 7) is 0. The standard InChI is InChI=1S/Mg.H4O4Si.H2O4Si/c;2*1-5(2,3)4/h;1-4H;1-2H/q+2;;-2. The fraction of sp³-hybridized carbons (Fsp3) is 0. The average Bonchev–Trinajstić information content (AvgIpc) is 1.12. The summed E-state index contributed by atoms with van der Waals surface area (Å²) in [6.07, 6.45) is 0. The topological polar surface area (TPSA) is 168 Å². The Hall–Kier alpha value is 0.880. The Balaban J connectivity index is -0.000000107. The Kier molecular flexibility index (Phi) is 10.4. The monoisotopic (exact) mass is 214 g/mol. The second kappa shape index (κ2) is 6.40. The van der Waals surface area contributed by atoms with Crippen LogP contribution in [0.1, 0.15) is 0 Å². The van der Waals surface area contributed by atoms with Crippen LogP contribution in [-0.4, -0.2) is 69.9 Å².